The fourth-order valence-corrected chi connectivity index (χ4v) is 3.93. The van der Waals surface area contributed by atoms with E-state index in [0.29, 0.717) is 11.6 Å². The number of rotatable bonds is 6. The molecule has 0 aliphatic rings. The smallest absolute Gasteiger partial charge is 0.234 e. The molecule has 1 amide bonds. The van der Waals surface area contributed by atoms with Gasteiger partial charge in [-0.25, -0.2) is 9.97 Å². The molecule has 1 aromatic heterocycles. The number of amides is 1. The van der Waals surface area contributed by atoms with Gasteiger partial charge >= 0.3 is 0 Å². The van der Waals surface area contributed by atoms with Gasteiger partial charge in [0.15, 0.2) is 0 Å². The Morgan fingerprint density at radius 1 is 1.12 bits per heavy atom. The molecule has 0 saturated carbocycles. The van der Waals surface area contributed by atoms with Gasteiger partial charge in [-0.2, -0.15) is 5.26 Å². The number of aromatic nitrogens is 2. The lowest BCUT2D eigenvalue weighted by molar-refractivity contribution is -0.113. The Bertz CT molecular complexity index is 985. The van der Waals surface area contributed by atoms with E-state index in [4.69, 9.17) is 5.26 Å². The number of hydrogen-bond acceptors (Lipinski definition) is 6. The predicted octanol–water partition coefficient (Wildman–Crippen LogP) is 4.28. The zero-order chi connectivity index (χ0) is 18.4. The highest BCUT2D eigenvalue weighted by Gasteiger charge is 2.11. The molecule has 5 nitrogen and oxygen atoms in total. The van der Waals surface area contributed by atoms with E-state index in [1.165, 1.54) is 23.5 Å². The molecule has 3 rings (SSSR count). The van der Waals surface area contributed by atoms with E-state index >= 15 is 0 Å². The maximum Gasteiger partial charge on any atom is 0.234 e. The highest BCUT2D eigenvalue weighted by atomic mass is 32.2. The summed E-state index contributed by atoms with van der Waals surface area (Å²) in [6, 6.07) is 17.4. The van der Waals surface area contributed by atoms with Crippen molar-refractivity contribution in [3.63, 3.8) is 0 Å². The molecule has 1 heterocycles. The Labute approximate surface area is 160 Å². The fraction of sp³-hybridized carbons (Fsp3) is 0.158. The van der Waals surface area contributed by atoms with Gasteiger partial charge in [-0.3, -0.25) is 4.79 Å². The van der Waals surface area contributed by atoms with Gasteiger partial charge in [0.25, 0.3) is 0 Å². The molecule has 0 aliphatic heterocycles. The van der Waals surface area contributed by atoms with Crippen molar-refractivity contribution >= 4 is 46.0 Å². The number of nitrogens with zero attached hydrogens (tertiary/aromatic N) is 3. The van der Waals surface area contributed by atoms with Crippen LogP contribution in [0.5, 0.6) is 0 Å². The number of benzene rings is 2. The lowest BCUT2D eigenvalue weighted by Gasteiger charge is -2.10. The van der Waals surface area contributed by atoms with Crippen LogP contribution in [-0.2, 0) is 4.79 Å². The fourth-order valence-electron chi connectivity index (χ4n) is 2.39. The lowest BCUT2D eigenvalue weighted by atomic mass is 10.2. The van der Waals surface area contributed by atoms with E-state index in [-0.39, 0.29) is 11.7 Å². The number of nitriles is 1. The van der Waals surface area contributed by atoms with Crippen molar-refractivity contribution in [2.75, 3.05) is 16.8 Å². The maximum atomic E-state index is 12.4. The topological polar surface area (TPSA) is 78.7 Å². The van der Waals surface area contributed by atoms with Crippen LogP contribution in [0.3, 0.4) is 0 Å². The molecule has 0 fully saturated rings. The van der Waals surface area contributed by atoms with Crippen LogP contribution in [0.15, 0.2) is 58.5 Å². The van der Waals surface area contributed by atoms with Gasteiger partial charge in [0.2, 0.25) is 5.91 Å². The van der Waals surface area contributed by atoms with Crippen molar-refractivity contribution in [3.8, 4) is 6.07 Å². The monoisotopic (exact) mass is 380 g/mol. The Hall–Kier alpha value is -2.56. The van der Waals surface area contributed by atoms with E-state index in [0.717, 1.165) is 26.5 Å². The SMILES string of the molecule is Cc1nc(SCC(=O)Nc2ccccc2SCC#N)c2ccccc2n1. The zero-order valence-corrected chi connectivity index (χ0v) is 15.7. The summed E-state index contributed by atoms with van der Waals surface area (Å²) in [4.78, 5) is 22.2. The van der Waals surface area contributed by atoms with Crippen LogP contribution in [0, 0.1) is 18.3 Å². The van der Waals surface area contributed by atoms with E-state index in [9.17, 15) is 4.79 Å². The Morgan fingerprint density at radius 3 is 2.73 bits per heavy atom. The van der Waals surface area contributed by atoms with E-state index < -0.39 is 0 Å². The molecule has 130 valence electrons. The third kappa shape index (κ3) is 4.54. The molecule has 0 atom stereocenters. The van der Waals surface area contributed by atoms with Gasteiger partial charge < -0.3 is 5.32 Å². The molecule has 26 heavy (non-hydrogen) atoms. The van der Waals surface area contributed by atoms with Gasteiger partial charge in [-0.15, -0.1) is 11.8 Å². The first-order valence-corrected chi connectivity index (χ1v) is 9.89. The molecular weight excluding hydrogens is 364 g/mol. The third-order valence-corrected chi connectivity index (χ3v) is 5.41. The summed E-state index contributed by atoms with van der Waals surface area (Å²) in [6.07, 6.45) is 0. The second-order valence-corrected chi connectivity index (χ2v) is 7.35. The standard InChI is InChI=1S/C19H16N4OS2/c1-13-21-15-7-3-2-6-14(15)19(22-13)26-12-18(24)23-16-8-4-5-9-17(16)25-11-10-20/h2-9H,11-12H2,1H3,(H,23,24). The first kappa shape index (κ1) is 18.2. The number of anilines is 1. The minimum atomic E-state index is -0.111. The van der Waals surface area contributed by atoms with E-state index in [1.54, 1.807) is 0 Å². The van der Waals surface area contributed by atoms with Gasteiger partial charge in [0, 0.05) is 10.3 Å². The number of carbonyl (C=O) groups excluding carboxylic acids is 1. The van der Waals surface area contributed by atoms with Crippen molar-refractivity contribution < 1.29 is 4.79 Å². The molecule has 0 aliphatic carbocycles. The molecule has 0 radical (unpaired) electrons. The summed E-state index contributed by atoms with van der Waals surface area (Å²) in [5.41, 5.74) is 1.60. The van der Waals surface area contributed by atoms with Gasteiger partial charge in [-0.05, 0) is 25.1 Å². The summed E-state index contributed by atoms with van der Waals surface area (Å²) in [5, 5.41) is 13.4. The number of hydrogen-bond donors (Lipinski definition) is 1. The molecule has 1 N–H and O–H groups in total. The van der Waals surface area contributed by atoms with Crippen LogP contribution in [0.2, 0.25) is 0 Å². The molecule has 7 heteroatoms. The average molecular weight is 380 g/mol. The maximum absolute atomic E-state index is 12.4. The number of thioether (sulfide) groups is 2. The van der Waals surface area contributed by atoms with Crippen molar-refractivity contribution in [1.29, 1.82) is 5.26 Å². The summed E-state index contributed by atoms with van der Waals surface area (Å²) in [6.45, 7) is 1.85. The molecular formula is C19H16N4OS2. The van der Waals surface area contributed by atoms with Gasteiger partial charge in [0.05, 0.1) is 28.8 Å². The molecule has 0 saturated heterocycles. The number of fused-ring (bicyclic) bond motifs is 1. The normalized spacial score (nSPS) is 10.5. The second kappa shape index (κ2) is 8.70. The van der Waals surface area contributed by atoms with Crippen molar-refractivity contribution in [3.05, 3.63) is 54.4 Å². The zero-order valence-electron chi connectivity index (χ0n) is 14.1. The van der Waals surface area contributed by atoms with Crippen LogP contribution in [0.1, 0.15) is 5.82 Å². The van der Waals surface area contributed by atoms with Crippen LogP contribution in [-0.4, -0.2) is 27.4 Å². The molecule has 0 unspecified atom stereocenters. The van der Waals surface area contributed by atoms with E-state index in [1.807, 2.05) is 55.5 Å². The molecule has 3 aromatic rings. The number of nitrogens with one attached hydrogen (secondary N) is 1. The van der Waals surface area contributed by atoms with Crippen LogP contribution < -0.4 is 5.32 Å². The summed E-state index contributed by atoms with van der Waals surface area (Å²) >= 11 is 2.80. The largest absolute Gasteiger partial charge is 0.324 e. The van der Waals surface area contributed by atoms with Crippen molar-refractivity contribution in [1.82, 2.24) is 9.97 Å². The summed E-state index contributed by atoms with van der Waals surface area (Å²) in [5.74, 6) is 1.16. The average Bonchev–Trinajstić information content (AvgIpc) is 2.65. The third-order valence-electron chi connectivity index (χ3n) is 3.47. The van der Waals surface area contributed by atoms with Crippen LogP contribution in [0.4, 0.5) is 5.69 Å². The van der Waals surface area contributed by atoms with Crippen molar-refractivity contribution in [2.24, 2.45) is 0 Å². The van der Waals surface area contributed by atoms with Crippen LogP contribution in [0.25, 0.3) is 10.9 Å². The minimum absolute atomic E-state index is 0.111. The quantitative estimate of drug-likeness (QED) is 0.508. The highest BCUT2D eigenvalue weighted by molar-refractivity contribution is 8.00. The minimum Gasteiger partial charge on any atom is -0.324 e. The highest BCUT2D eigenvalue weighted by Crippen LogP contribution is 2.28. The first-order valence-electron chi connectivity index (χ1n) is 7.92. The summed E-state index contributed by atoms with van der Waals surface area (Å²) in [7, 11) is 0. The van der Waals surface area contributed by atoms with Crippen molar-refractivity contribution in [2.45, 2.75) is 16.8 Å². The van der Waals surface area contributed by atoms with Gasteiger partial charge in [-0.1, -0.05) is 42.1 Å². The number of para-hydroxylation sites is 2. The molecule has 0 spiro atoms. The number of carbonyl (C=O) groups is 1. The number of aryl methyl sites for hydroxylation is 1. The Balaban J connectivity index is 1.70. The lowest BCUT2D eigenvalue weighted by Crippen LogP contribution is -2.14. The van der Waals surface area contributed by atoms with Crippen LogP contribution >= 0.6 is 23.5 Å². The second-order valence-electron chi connectivity index (χ2n) is 5.37. The Morgan fingerprint density at radius 2 is 1.88 bits per heavy atom. The molecule has 0 bridgehead atoms. The first-order chi connectivity index (χ1) is 12.7. The van der Waals surface area contributed by atoms with Gasteiger partial charge in [0.1, 0.15) is 10.9 Å². The molecule has 2 aromatic carbocycles. The Kier molecular flexibility index (Phi) is 6.10. The summed E-state index contributed by atoms with van der Waals surface area (Å²) < 4.78 is 0. The van der Waals surface area contributed by atoms with E-state index in [2.05, 4.69) is 21.4 Å². The predicted molar refractivity (Wildman–Crippen MR) is 106 cm³/mol.